The van der Waals surface area contributed by atoms with Gasteiger partial charge < -0.3 is 4.74 Å². The summed E-state index contributed by atoms with van der Waals surface area (Å²) in [5, 5.41) is 8.81. The summed E-state index contributed by atoms with van der Waals surface area (Å²) in [7, 11) is 0. The Bertz CT molecular complexity index is 693. The lowest BCUT2D eigenvalue weighted by atomic mass is 10.1. The van der Waals surface area contributed by atoms with E-state index in [2.05, 4.69) is 20.9 Å². The van der Waals surface area contributed by atoms with E-state index in [1.165, 1.54) is 6.20 Å². The van der Waals surface area contributed by atoms with Crippen LogP contribution in [0.3, 0.4) is 0 Å². The molecule has 0 amide bonds. The molecular formula is C15H11BrN2O2. The number of hydrogen-bond acceptors (Lipinski definition) is 4. The number of aldehydes is 1. The van der Waals surface area contributed by atoms with Crippen molar-refractivity contribution in [1.29, 1.82) is 5.26 Å². The Kier molecular flexibility index (Phi) is 4.49. The number of nitriles is 1. The molecule has 0 bridgehead atoms. The molecule has 5 heteroatoms. The number of rotatable bonds is 4. The molecule has 0 atom stereocenters. The van der Waals surface area contributed by atoms with Crippen LogP contribution in [-0.4, -0.2) is 11.3 Å². The number of hydrogen-bond donors (Lipinski definition) is 0. The third-order valence-electron chi connectivity index (χ3n) is 2.74. The predicted molar refractivity (Wildman–Crippen MR) is 77.6 cm³/mol. The summed E-state index contributed by atoms with van der Waals surface area (Å²) in [6.07, 6.45) is 3.88. The highest BCUT2D eigenvalue weighted by atomic mass is 79.9. The van der Waals surface area contributed by atoms with Crippen molar-refractivity contribution < 1.29 is 9.53 Å². The molecule has 4 nitrogen and oxygen atoms in total. The minimum absolute atomic E-state index is 0.249. The van der Waals surface area contributed by atoms with Gasteiger partial charge in [-0.15, -0.1) is 0 Å². The smallest absolute Gasteiger partial charge is 0.153 e. The van der Waals surface area contributed by atoms with Crippen LogP contribution in [0, 0.1) is 18.3 Å². The lowest BCUT2D eigenvalue weighted by molar-refractivity contribution is 0.111. The van der Waals surface area contributed by atoms with Gasteiger partial charge in [-0.2, -0.15) is 5.26 Å². The van der Waals surface area contributed by atoms with Crippen LogP contribution >= 0.6 is 15.9 Å². The number of aromatic nitrogens is 1. The molecule has 0 unspecified atom stereocenters. The third-order valence-corrected chi connectivity index (χ3v) is 3.59. The molecule has 0 radical (unpaired) electrons. The van der Waals surface area contributed by atoms with Crippen molar-refractivity contribution in [3.63, 3.8) is 0 Å². The summed E-state index contributed by atoms with van der Waals surface area (Å²) < 4.78 is 6.52. The largest absolute Gasteiger partial charge is 0.488 e. The molecule has 20 heavy (non-hydrogen) atoms. The second-order valence-corrected chi connectivity index (χ2v) is 5.09. The Morgan fingerprint density at radius 2 is 2.20 bits per heavy atom. The molecule has 2 rings (SSSR count). The van der Waals surface area contributed by atoms with Crippen molar-refractivity contribution in [3.05, 3.63) is 57.3 Å². The van der Waals surface area contributed by atoms with Crippen molar-refractivity contribution >= 4 is 22.2 Å². The first-order valence-corrected chi connectivity index (χ1v) is 6.65. The van der Waals surface area contributed by atoms with Crippen molar-refractivity contribution in [3.8, 4) is 11.8 Å². The zero-order valence-corrected chi connectivity index (χ0v) is 12.3. The van der Waals surface area contributed by atoms with E-state index in [9.17, 15) is 4.79 Å². The zero-order chi connectivity index (χ0) is 14.5. The maximum Gasteiger partial charge on any atom is 0.153 e. The Hall–Kier alpha value is -2.19. The van der Waals surface area contributed by atoms with Gasteiger partial charge in [0.25, 0.3) is 0 Å². The van der Waals surface area contributed by atoms with E-state index in [1.54, 1.807) is 24.4 Å². The van der Waals surface area contributed by atoms with Crippen LogP contribution in [0.4, 0.5) is 0 Å². The first-order chi connectivity index (χ1) is 9.63. The molecule has 0 aliphatic rings. The second kappa shape index (κ2) is 6.31. The number of pyridine rings is 1. The summed E-state index contributed by atoms with van der Waals surface area (Å²) >= 11 is 3.41. The number of carbonyl (C=O) groups excluding carboxylic acids is 1. The molecule has 0 spiro atoms. The van der Waals surface area contributed by atoms with Crippen LogP contribution in [0.5, 0.6) is 5.75 Å². The normalized spacial score (nSPS) is 9.85. The minimum Gasteiger partial charge on any atom is -0.488 e. The Balaban J connectivity index is 2.20. The highest BCUT2D eigenvalue weighted by molar-refractivity contribution is 9.10. The Morgan fingerprint density at radius 3 is 2.90 bits per heavy atom. The lowest BCUT2D eigenvalue weighted by Gasteiger charge is -2.10. The van der Waals surface area contributed by atoms with Crippen molar-refractivity contribution in [2.24, 2.45) is 0 Å². The highest BCUT2D eigenvalue weighted by Gasteiger charge is 2.07. The van der Waals surface area contributed by atoms with Crippen LogP contribution in [0.2, 0.25) is 0 Å². The van der Waals surface area contributed by atoms with Gasteiger partial charge in [0.05, 0.1) is 11.1 Å². The van der Waals surface area contributed by atoms with Gasteiger partial charge in [-0.3, -0.25) is 9.78 Å². The molecule has 0 aliphatic heterocycles. The van der Waals surface area contributed by atoms with Gasteiger partial charge >= 0.3 is 0 Å². The van der Waals surface area contributed by atoms with Crippen LogP contribution in [-0.2, 0) is 6.61 Å². The fourth-order valence-electron chi connectivity index (χ4n) is 1.69. The average molecular weight is 331 g/mol. The van der Waals surface area contributed by atoms with Crippen LogP contribution in [0.15, 0.2) is 35.1 Å². The molecule has 0 N–H and O–H groups in total. The molecule has 0 aliphatic carbocycles. The van der Waals surface area contributed by atoms with Gasteiger partial charge in [0.15, 0.2) is 6.29 Å². The number of carbonyl (C=O) groups is 1. The average Bonchev–Trinajstić information content (AvgIpc) is 2.48. The molecule has 1 aromatic carbocycles. The number of halogens is 1. The van der Waals surface area contributed by atoms with Crippen molar-refractivity contribution in [1.82, 2.24) is 4.98 Å². The molecule has 1 heterocycles. The first-order valence-electron chi connectivity index (χ1n) is 5.86. The summed E-state index contributed by atoms with van der Waals surface area (Å²) in [5.74, 6) is 0.500. The monoisotopic (exact) mass is 330 g/mol. The Labute approximate surface area is 125 Å². The van der Waals surface area contributed by atoms with Crippen molar-refractivity contribution in [2.45, 2.75) is 13.5 Å². The molecule has 2 aromatic rings. The van der Waals surface area contributed by atoms with E-state index in [0.717, 1.165) is 21.9 Å². The summed E-state index contributed by atoms with van der Waals surface area (Å²) in [6, 6.07) is 7.25. The predicted octanol–water partition coefficient (Wildman–Crippen LogP) is 3.42. The number of benzene rings is 1. The number of nitrogens with zero attached hydrogens (tertiary/aromatic N) is 2. The maximum absolute atomic E-state index is 11.1. The SMILES string of the molecule is Cc1cc(C=O)c(OCc2cncc(C#N)c2)cc1Br. The van der Waals surface area contributed by atoms with Gasteiger partial charge in [0.2, 0.25) is 0 Å². The van der Waals surface area contributed by atoms with Crippen LogP contribution in [0.25, 0.3) is 0 Å². The van der Waals surface area contributed by atoms with E-state index >= 15 is 0 Å². The fraction of sp³-hybridized carbons (Fsp3) is 0.133. The van der Waals surface area contributed by atoms with E-state index in [-0.39, 0.29) is 6.61 Å². The number of aryl methyl sites for hydroxylation is 1. The molecule has 1 aromatic heterocycles. The first kappa shape index (κ1) is 14.2. The van der Waals surface area contributed by atoms with E-state index in [0.29, 0.717) is 16.9 Å². The third kappa shape index (κ3) is 3.22. The zero-order valence-electron chi connectivity index (χ0n) is 10.8. The molecular weight excluding hydrogens is 320 g/mol. The lowest BCUT2D eigenvalue weighted by Crippen LogP contribution is -2.00. The summed E-state index contributed by atoms with van der Waals surface area (Å²) in [4.78, 5) is 15.0. The fourth-order valence-corrected chi connectivity index (χ4v) is 2.01. The molecule has 0 saturated carbocycles. The summed E-state index contributed by atoms with van der Waals surface area (Å²) in [5.41, 5.74) is 2.71. The van der Waals surface area contributed by atoms with Gasteiger partial charge in [0, 0.05) is 22.4 Å². The Morgan fingerprint density at radius 1 is 1.40 bits per heavy atom. The van der Waals surface area contributed by atoms with E-state index in [1.807, 2.05) is 13.0 Å². The van der Waals surface area contributed by atoms with Crippen LogP contribution in [0.1, 0.15) is 27.0 Å². The topological polar surface area (TPSA) is 63.0 Å². The van der Waals surface area contributed by atoms with E-state index < -0.39 is 0 Å². The molecule has 0 saturated heterocycles. The highest BCUT2D eigenvalue weighted by Crippen LogP contribution is 2.26. The summed E-state index contributed by atoms with van der Waals surface area (Å²) in [6.45, 7) is 2.15. The van der Waals surface area contributed by atoms with Gasteiger partial charge in [-0.25, -0.2) is 0 Å². The van der Waals surface area contributed by atoms with Gasteiger partial charge in [0.1, 0.15) is 18.4 Å². The standard InChI is InChI=1S/C15H11BrN2O2/c1-10-2-13(8-19)15(4-14(10)16)20-9-12-3-11(5-17)6-18-7-12/h2-4,6-8H,9H2,1H3. The maximum atomic E-state index is 11.1. The molecule has 100 valence electrons. The second-order valence-electron chi connectivity index (χ2n) is 4.24. The minimum atomic E-state index is 0.249. The van der Waals surface area contributed by atoms with Gasteiger partial charge in [-0.1, -0.05) is 15.9 Å². The van der Waals surface area contributed by atoms with E-state index in [4.69, 9.17) is 10.00 Å². The molecule has 0 fully saturated rings. The van der Waals surface area contributed by atoms with Crippen molar-refractivity contribution in [2.75, 3.05) is 0 Å². The quantitative estimate of drug-likeness (QED) is 0.806. The van der Waals surface area contributed by atoms with Gasteiger partial charge in [-0.05, 0) is 30.7 Å². The van der Waals surface area contributed by atoms with Crippen LogP contribution < -0.4 is 4.74 Å². The number of ether oxygens (including phenoxy) is 1.